The fourth-order valence-electron chi connectivity index (χ4n) is 3.09. The number of methoxy groups -OCH3 is 1. The number of anilines is 1. The molecule has 2 aromatic carbocycles. The third kappa shape index (κ3) is 4.93. The van der Waals surface area contributed by atoms with Gasteiger partial charge in [0.2, 0.25) is 0 Å². The molecular weight excluding hydrogens is 368 g/mol. The smallest absolute Gasteiger partial charge is 0.173 e. The first-order chi connectivity index (χ1) is 13.0. The minimum Gasteiger partial charge on any atom is -0.496 e. The van der Waals surface area contributed by atoms with Crippen molar-refractivity contribution in [3.63, 3.8) is 0 Å². The largest absolute Gasteiger partial charge is 0.496 e. The highest BCUT2D eigenvalue weighted by molar-refractivity contribution is 7.80. The van der Waals surface area contributed by atoms with Crippen molar-refractivity contribution in [1.29, 1.82) is 0 Å². The molecule has 0 bridgehead atoms. The number of nitrogens with one attached hydrogen (secondary N) is 1. The van der Waals surface area contributed by atoms with Gasteiger partial charge in [-0.3, -0.25) is 4.90 Å². The summed E-state index contributed by atoms with van der Waals surface area (Å²) in [6.45, 7) is 5.44. The monoisotopic (exact) mass is 391 g/mol. The zero-order chi connectivity index (χ0) is 19.4. The van der Waals surface area contributed by atoms with Crippen LogP contribution in [0.3, 0.4) is 0 Å². The summed E-state index contributed by atoms with van der Waals surface area (Å²) in [5.74, 6) is 0.175. The van der Waals surface area contributed by atoms with Gasteiger partial charge in [0, 0.05) is 44.0 Å². The van der Waals surface area contributed by atoms with Crippen LogP contribution in [-0.4, -0.2) is 48.2 Å². The predicted molar refractivity (Wildman–Crippen MR) is 107 cm³/mol. The molecule has 27 heavy (non-hydrogen) atoms. The van der Waals surface area contributed by atoms with Gasteiger partial charge in [0.1, 0.15) is 17.4 Å². The summed E-state index contributed by atoms with van der Waals surface area (Å²) < 4.78 is 32.5. The van der Waals surface area contributed by atoms with Crippen LogP contribution in [0.4, 0.5) is 14.5 Å². The van der Waals surface area contributed by atoms with Crippen molar-refractivity contribution in [2.45, 2.75) is 13.5 Å². The highest BCUT2D eigenvalue weighted by Gasteiger charge is 2.20. The lowest BCUT2D eigenvalue weighted by Crippen LogP contribution is -2.49. The number of hydrogen-bond acceptors (Lipinski definition) is 3. The Morgan fingerprint density at radius 1 is 1.11 bits per heavy atom. The van der Waals surface area contributed by atoms with Crippen LogP contribution in [0.15, 0.2) is 36.4 Å². The van der Waals surface area contributed by atoms with Gasteiger partial charge in [0.25, 0.3) is 0 Å². The van der Waals surface area contributed by atoms with Crippen molar-refractivity contribution in [3.05, 3.63) is 59.2 Å². The molecule has 1 aliphatic heterocycles. The molecule has 0 radical (unpaired) electrons. The lowest BCUT2D eigenvalue weighted by molar-refractivity contribution is 0.175. The van der Waals surface area contributed by atoms with Crippen molar-refractivity contribution in [1.82, 2.24) is 9.80 Å². The van der Waals surface area contributed by atoms with Gasteiger partial charge in [0.15, 0.2) is 5.11 Å². The lowest BCUT2D eigenvalue weighted by Gasteiger charge is -2.36. The fourth-order valence-corrected chi connectivity index (χ4v) is 3.39. The van der Waals surface area contributed by atoms with Gasteiger partial charge in [-0.1, -0.05) is 6.07 Å². The zero-order valence-electron chi connectivity index (χ0n) is 15.5. The summed E-state index contributed by atoms with van der Waals surface area (Å²) >= 11 is 5.46. The van der Waals surface area contributed by atoms with Crippen molar-refractivity contribution >= 4 is 23.0 Å². The third-order valence-corrected chi connectivity index (χ3v) is 5.08. The van der Waals surface area contributed by atoms with Crippen LogP contribution >= 0.6 is 12.2 Å². The number of halogens is 2. The SMILES string of the molecule is COc1ccc(F)cc1CN1CCN(C(=S)Nc2ccc(C)c(F)c2)CC1. The van der Waals surface area contributed by atoms with E-state index in [0.717, 1.165) is 31.7 Å². The molecule has 1 saturated heterocycles. The van der Waals surface area contributed by atoms with E-state index in [1.54, 1.807) is 26.2 Å². The first-order valence-electron chi connectivity index (χ1n) is 8.83. The van der Waals surface area contributed by atoms with Gasteiger partial charge in [-0.2, -0.15) is 0 Å². The molecule has 4 nitrogen and oxygen atoms in total. The van der Waals surface area contributed by atoms with Crippen LogP contribution < -0.4 is 10.1 Å². The molecule has 0 amide bonds. The number of rotatable bonds is 4. The summed E-state index contributed by atoms with van der Waals surface area (Å²) in [6, 6.07) is 9.57. The maximum atomic E-state index is 13.7. The minimum atomic E-state index is -0.264. The number of benzene rings is 2. The van der Waals surface area contributed by atoms with Crippen molar-refractivity contribution < 1.29 is 13.5 Å². The van der Waals surface area contributed by atoms with Gasteiger partial charge in [-0.25, -0.2) is 8.78 Å². The fraction of sp³-hybridized carbons (Fsp3) is 0.350. The van der Waals surface area contributed by atoms with Crippen molar-refractivity contribution in [2.24, 2.45) is 0 Å². The van der Waals surface area contributed by atoms with E-state index in [1.165, 1.54) is 18.2 Å². The number of nitrogens with zero attached hydrogens (tertiary/aromatic N) is 2. The summed E-state index contributed by atoms with van der Waals surface area (Å²) in [5.41, 5.74) is 2.09. The van der Waals surface area contributed by atoms with E-state index in [-0.39, 0.29) is 11.6 Å². The second kappa shape index (κ2) is 8.63. The highest BCUT2D eigenvalue weighted by atomic mass is 32.1. The Hall–Kier alpha value is -2.25. The van der Waals surface area contributed by atoms with Crippen molar-refractivity contribution in [3.8, 4) is 5.75 Å². The highest BCUT2D eigenvalue weighted by Crippen LogP contribution is 2.22. The van der Waals surface area contributed by atoms with Crippen molar-refractivity contribution in [2.75, 3.05) is 38.6 Å². The summed E-state index contributed by atoms with van der Waals surface area (Å²) in [6.07, 6.45) is 0. The molecule has 7 heteroatoms. The molecule has 144 valence electrons. The average Bonchev–Trinajstić information content (AvgIpc) is 2.65. The van der Waals surface area contributed by atoms with Crippen LogP contribution in [0.2, 0.25) is 0 Å². The van der Waals surface area contributed by atoms with Crippen LogP contribution in [-0.2, 0) is 6.54 Å². The number of piperazine rings is 1. The first-order valence-corrected chi connectivity index (χ1v) is 9.24. The van der Waals surface area contributed by atoms with E-state index in [4.69, 9.17) is 17.0 Å². The molecule has 1 fully saturated rings. The molecular formula is C20H23F2N3OS. The van der Waals surface area contributed by atoms with E-state index < -0.39 is 0 Å². The van der Waals surface area contributed by atoms with Crippen LogP contribution in [0, 0.1) is 18.6 Å². The van der Waals surface area contributed by atoms with E-state index in [0.29, 0.717) is 28.7 Å². The second-order valence-electron chi connectivity index (χ2n) is 6.61. The van der Waals surface area contributed by atoms with E-state index in [9.17, 15) is 8.78 Å². The number of ether oxygens (including phenoxy) is 1. The van der Waals surface area contributed by atoms with Gasteiger partial charge >= 0.3 is 0 Å². The first kappa shape index (κ1) is 19.5. The molecule has 1 heterocycles. The Kier molecular flexibility index (Phi) is 6.23. The Morgan fingerprint density at radius 2 is 1.85 bits per heavy atom. The Bertz CT molecular complexity index is 823. The van der Waals surface area contributed by atoms with Crippen LogP contribution in [0.5, 0.6) is 5.75 Å². The summed E-state index contributed by atoms with van der Waals surface area (Å²) in [5, 5.41) is 3.68. The predicted octanol–water partition coefficient (Wildman–Crippen LogP) is 3.80. The van der Waals surface area contributed by atoms with E-state index >= 15 is 0 Å². The van der Waals surface area contributed by atoms with Crippen LogP contribution in [0.25, 0.3) is 0 Å². The molecule has 3 rings (SSSR count). The van der Waals surface area contributed by atoms with Gasteiger partial charge in [-0.15, -0.1) is 0 Å². The number of aryl methyl sites for hydroxylation is 1. The van der Waals surface area contributed by atoms with E-state index in [1.807, 2.05) is 6.07 Å². The van der Waals surface area contributed by atoms with E-state index in [2.05, 4.69) is 15.1 Å². The minimum absolute atomic E-state index is 0.253. The van der Waals surface area contributed by atoms with Crippen LogP contribution in [0.1, 0.15) is 11.1 Å². The molecule has 0 atom stereocenters. The summed E-state index contributed by atoms with van der Waals surface area (Å²) in [7, 11) is 1.59. The molecule has 0 unspecified atom stereocenters. The Morgan fingerprint density at radius 3 is 2.52 bits per heavy atom. The Labute approximate surface area is 163 Å². The quantitative estimate of drug-likeness (QED) is 0.801. The number of hydrogen-bond donors (Lipinski definition) is 1. The molecule has 0 aromatic heterocycles. The molecule has 2 aromatic rings. The summed E-state index contributed by atoms with van der Waals surface area (Å²) in [4.78, 5) is 4.30. The maximum absolute atomic E-state index is 13.7. The third-order valence-electron chi connectivity index (χ3n) is 4.72. The van der Waals surface area contributed by atoms with Gasteiger partial charge in [-0.05, 0) is 55.0 Å². The molecule has 1 N–H and O–H groups in total. The topological polar surface area (TPSA) is 27.7 Å². The maximum Gasteiger partial charge on any atom is 0.173 e. The standard InChI is InChI=1S/C20H23F2N3OS/c1-14-3-5-17(12-18(14)22)23-20(27)25-9-7-24(8-10-25)13-15-11-16(21)4-6-19(15)26-2/h3-6,11-12H,7-10,13H2,1-2H3,(H,23,27). The number of thiocarbonyl (C=S) groups is 1. The normalized spacial score (nSPS) is 14.9. The molecule has 1 aliphatic rings. The molecule has 0 aliphatic carbocycles. The average molecular weight is 391 g/mol. The molecule has 0 saturated carbocycles. The van der Waals surface area contributed by atoms with Gasteiger partial charge in [0.05, 0.1) is 7.11 Å². The lowest BCUT2D eigenvalue weighted by atomic mass is 10.1. The second-order valence-corrected chi connectivity index (χ2v) is 7.00. The van der Waals surface area contributed by atoms with Gasteiger partial charge < -0.3 is 15.0 Å². The Balaban J connectivity index is 1.54. The molecule has 0 spiro atoms. The zero-order valence-corrected chi connectivity index (χ0v) is 16.3.